The van der Waals surface area contributed by atoms with Crippen molar-refractivity contribution in [2.24, 2.45) is 0 Å². The number of anilines is 1. The van der Waals surface area contributed by atoms with Gasteiger partial charge in [0.2, 0.25) is 0 Å². The van der Waals surface area contributed by atoms with Crippen LogP contribution in [0.4, 0.5) is 16.2 Å². The minimum absolute atomic E-state index is 0.0665. The second-order valence-electron chi connectivity index (χ2n) is 6.01. The van der Waals surface area contributed by atoms with E-state index in [0.717, 1.165) is 12.1 Å². The summed E-state index contributed by atoms with van der Waals surface area (Å²) < 4.78 is 5.79. The summed E-state index contributed by atoms with van der Waals surface area (Å²) in [7, 11) is 0. The number of ether oxygens (including phenoxy) is 1. The van der Waals surface area contributed by atoms with Crippen LogP contribution in [0.3, 0.4) is 0 Å². The molecule has 2 N–H and O–H groups in total. The van der Waals surface area contributed by atoms with Gasteiger partial charge in [-0.15, -0.1) is 0 Å². The average molecular weight is 523 g/mol. The van der Waals surface area contributed by atoms with E-state index in [0.29, 0.717) is 20.6 Å². The van der Waals surface area contributed by atoms with Gasteiger partial charge in [0.15, 0.2) is 11.5 Å². The lowest BCUT2D eigenvalue weighted by atomic mass is 10.1. The number of phenolic OH excluding ortho intramolecular Hbond substituents is 1. The van der Waals surface area contributed by atoms with Crippen LogP contribution in [0.15, 0.2) is 42.0 Å². The number of aromatic hydroxyl groups is 1. The number of rotatable bonds is 5. The second kappa shape index (κ2) is 8.49. The summed E-state index contributed by atoms with van der Waals surface area (Å²) in [6.07, 6.45) is 1.27. The van der Waals surface area contributed by atoms with Crippen molar-refractivity contribution in [1.82, 2.24) is 5.32 Å². The number of barbiturate groups is 1. The van der Waals surface area contributed by atoms with Gasteiger partial charge in [0.05, 0.1) is 20.8 Å². The molecule has 0 aromatic heterocycles. The Balaban J connectivity index is 2.01. The zero-order valence-corrected chi connectivity index (χ0v) is 17.6. The summed E-state index contributed by atoms with van der Waals surface area (Å²) in [5.74, 6) is -1.66. The van der Waals surface area contributed by atoms with Crippen LogP contribution in [0.25, 0.3) is 6.08 Å². The number of nitrogens with one attached hydrogen (secondary N) is 1. The van der Waals surface area contributed by atoms with Crippen LogP contribution in [-0.2, 0) is 9.59 Å². The van der Waals surface area contributed by atoms with E-state index in [9.17, 15) is 29.6 Å². The normalized spacial score (nSPS) is 15.3. The van der Waals surface area contributed by atoms with Crippen LogP contribution in [0, 0.1) is 13.7 Å². The SMILES string of the molecule is CCOc1cc(/C=C2\C(=O)NC(=O)N(c3ccc([N+](=O)[O-])cc3)C2=O)cc(I)c1O. The highest BCUT2D eigenvalue weighted by atomic mass is 127. The van der Waals surface area contributed by atoms with Crippen molar-refractivity contribution >= 4 is 57.9 Å². The van der Waals surface area contributed by atoms with Gasteiger partial charge in [-0.25, -0.2) is 9.69 Å². The molecule has 11 heteroatoms. The maximum Gasteiger partial charge on any atom is 0.335 e. The number of nitro benzene ring substituents is 1. The van der Waals surface area contributed by atoms with Gasteiger partial charge in [0.25, 0.3) is 17.5 Å². The molecule has 0 aliphatic carbocycles. The van der Waals surface area contributed by atoms with Crippen molar-refractivity contribution < 1.29 is 29.2 Å². The van der Waals surface area contributed by atoms with E-state index >= 15 is 0 Å². The highest BCUT2D eigenvalue weighted by molar-refractivity contribution is 14.1. The number of benzene rings is 2. The van der Waals surface area contributed by atoms with Crippen molar-refractivity contribution in [3.8, 4) is 11.5 Å². The number of non-ortho nitro benzene ring substituents is 1. The van der Waals surface area contributed by atoms with Gasteiger partial charge in [-0.3, -0.25) is 25.0 Å². The third-order valence-electron chi connectivity index (χ3n) is 4.08. The molecule has 0 saturated carbocycles. The number of hydrogen-bond acceptors (Lipinski definition) is 7. The molecule has 1 saturated heterocycles. The van der Waals surface area contributed by atoms with Crippen molar-refractivity contribution in [3.05, 3.63) is 61.2 Å². The fraction of sp³-hybridized carbons (Fsp3) is 0.105. The number of urea groups is 1. The fourth-order valence-corrected chi connectivity index (χ4v) is 3.35. The molecule has 0 atom stereocenters. The first-order valence-corrected chi connectivity index (χ1v) is 9.62. The minimum atomic E-state index is -0.966. The molecule has 2 aromatic carbocycles. The average Bonchev–Trinajstić information content (AvgIpc) is 2.69. The fourth-order valence-electron chi connectivity index (χ4n) is 2.72. The number of amides is 4. The molecule has 1 aliphatic rings. The third kappa shape index (κ3) is 4.10. The van der Waals surface area contributed by atoms with Crippen LogP contribution in [0.5, 0.6) is 11.5 Å². The van der Waals surface area contributed by atoms with Crippen LogP contribution < -0.4 is 15.0 Å². The Morgan fingerprint density at radius 3 is 2.50 bits per heavy atom. The van der Waals surface area contributed by atoms with Crippen LogP contribution >= 0.6 is 22.6 Å². The zero-order chi connectivity index (χ0) is 22.0. The summed E-state index contributed by atoms with van der Waals surface area (Å²) in [4.78, 5) is 48.3. The van der Waals surface area contributed by atoms with E-state index in [4.69, 9.17) is 4.74 Å². The van der Waals surface area contributed by atoms with Gasteiger partial charge in [-0.2, -0.15) is 0 Å². The number of halogens is 1. The molecule has 1 aliphatic heterocycles. The topological polar surface area (TPSA) is 139 Å². The van der Waals surface area contributed by atoms with Crippen molar-refractivity contribution in [2.75, 3.05) is 11.5 Å². The minimum Gasteiger partial charge on any atom is -0.504 e. The van der Waals surface area contributed by atoms with Gasteiger partial charge in [-0.05, 0) is 65.4 Å². The molecule has 0 spiro atoms. The maximum atomic E-state index is 12.9. The maximum absolute atomic E-state index is 12.9. The molecule has 1 fully saturated rings. The van der Waals surface area contributed by atoms with E-state index < -0.39 is 22.8 Å². The molecule has 4 amide bonds. The van der Waals surface area contributed by atoms with E-state index in [2.05, 4.69) is 5.32 Å². The van der Waals surface area contributed by atoms with E-state index in [1.54, 1.807) is 13.0 Å². The number of carbonyl (C=O) groups excluding carboxylic acids is 3. The van der Waals surface area contributed by atoms with Crippen molar-refractivity contribution in [2.45, 2.75) is 6.92 Å². The summed E-state index contributed by atoms with van der Waals surface area (Å²) >= 11 is 1.88. The first kappa shape index (κ1) is 21.2. The highest BCUT2D eigenvalue weighted by Crippen LogP contribution is 2.34. The Morgan fingerprint density at radius 2 is 1.90 bits per heavy atom. The Kier molecular flexibility index (Phi) is 6.01. The molecule has 2 aromatic rings. The molecule has 30 heavy (non-hydrogen) atoms. The molecular formula is C19H14IN3O7. The smallest absolute Gasteiger partial charge is 0.335 e. The molecule has 3 rings (SSSR count). The molecule has 0 unspecified atom stereocenters. The van der Waals surface area contributed by atoms with Gasteiger partial charge in [-0.1, -0.05) is 0 Å². The van der Waals surface area contributed by atoms with E-state index in [1.807, 2.05) is 22.6 Å². The molecular weight excluding hydrogens is 509 g/mol. The second-order valence-corrected chi connectivity index (χ2v) is 7.18. The summed E-state index contributed by atoms with van der Waals surface area (Å²) in [5.41, 5.74) is -0.0663. The van der Waals surface area contributed by atoms with Crippen molar-refractivity contribution in [3.63, 3.8) is 0 Å². The lowest BCUT2D eigenvalue weighted by Gasteiger charge is -2.26. The van der Waals surface area contributed by atoms with Crippen LogP contribution in [0.1, 0.15) is 12.5 Å². The highest BCUT2D eigenvalue weighted by Gasteiger charge is 2.37. The Morgan fingerprint density at radius 1 is 1.23 bits per heavy atom. The first-order chi connectivity index (χ1) is 14.2. The number of carbonyl (C=O) groups is 3. The lowest BCUT2D eigenvalue weighted by molar-refractivity contribution is -0.384. The number of imide groups is 2. The van der Waals surface area contributed by atoms with E-state index in [1.165, 1.54) is 24.3 Å². The largest absolute Gasteiger partial charge is 0.504 e. The molecule has 0 bridgehead atoms. The molecule has 10 nitrogen and oxygen atoms in total. The van der Waals surface area contributed by atoms with E-state index in [-0.39, 0.29) is 28.4 Å². The summed E-state index contributed by atoms with van der Waals surface area (Å²) in [6.45, 7) is 2.04. The van der Waals surface area contributed by atoms with Crippen LogP contribution in [0.2, 0.25) is 0 Å². The third-order valence-corrected chi connectivity index (χ3v) is 4.90. The Labute approximate surface area is 183 Å². The summed E-state index contributed by atoms with van der Waals surface area (Å²) in [6, 6.07) is 6.80. The van der Waals surface area contributed by atoms with Gasteiger partial charge in [0.1, 0.15) is 5.57 Å². The first-order valence-electron chi connectivity index (χ1n) is 8.54. The number of nitro groups is 1. The quantitative estimate of drug-likeness (QED) is 0.202. The van der Waals surface area contributed by atoms with Gasteiger partial charge >= 0.3 is 6.03 Å². The summed E-state index contributed by atoms with van der Waals surface area (Å²) in [5, 5.41) is 22.9. The number of hydrogen-bond donors (Lipinski definition) is 2. The predicted molar refractivity (Wildman–Crippen MR) is 114 cm³/mol. The predicted octanol–water partition coefficient (Wildman–Crippen LogP) is 2.97. The molecule has 0 radical (unpaired) electrons. The zero-order valence-electron chi connectivity index (χ0n) is 15.4. The van der Waals surface area contributed by atoms with Gasteiger partial charge in [0, 0.05) is 12.1 Å². The van der Waals surface area contributed by atoms with Crippen LogP contribution in [-0.4, -0.2) is 34.5 Å². The number of phenols is 1. The standard InChI is InChI=1S/C19H14IN3O7/c1-2-30-15-9-10(8-14(20)16(15)24)7-13-17(25)21-19(27)22(18(13)26)11-3-5-12(6-4-11)23(28)29/h3-9,24H,2H2,1H3,(H,21,25,27)/b13-7+. The number of nitrogens with zero attached hydrogens (tertiary/aromatic N) is 2. The Bertz CT molecular complexity index is 1100. The molecule has 1 heterocycles. The monoisotopic (exact) mass is 523 g/mol. The van der Waals surface area contributed by atoms with Crippen molar-refractivity contribution in [1.29, 1.82) is 0 Å². The van der Waals surface area contributed by atoms with Gasteiger partial charge < -0.3 is 9.84 Å². The lowest BCUT2D eigenvalue weighted by Crippen LogP contribution is -2.54. The molecule has 154 valence electrons. The Hall–Kier alpha value is -3.48.